The summed E-state index contributed by atoms with van der Waals surface area (Å²) in [4.78, 5) is 27.8. The molecular formula is C15H22N2O2S. The molecule has 0 aliphatic carbocycles. The molecule has 1 aliphatic heterocycles. The lowest BCUT2D eigenvalue weighted by molar-refractivity contribution is -0.123. The van der Waals surface area contributed by atoms with Gasteiger partial charge in [-0.1, -0.05) is 6.92 Å². The highest BCUT2D eigenvalue weighted by molar-refractivity contribution is 7.14. The minimum atomic E-state index is -0.300. The topological polar surface area (TPSA) is 63.4 Å². The van der Waals surface area contributed by atoms with Crippen LogP contribution in [0.25, 0.3) is 0 Å². The van der Waals surface area contributed by atoms with Crippen LogP contribution in [0.2, 0.25) is 0 Å². The van der Waals surface area contributed by atoms with Crippen molar-refractivity contribution < 1.29 is 9.59 Å². The summed E-state index contributed by atoms with van der Waals surface area (Å²) in [5, 5.41) is 0. The first-order valence-corrected chi connectivity index (χ1v) is 7.95. The molecule has 0 radical (unpaired) electrons. The van der Waals surface area contributed by atoms with E-state index >= 15 is 0 Å². The van der Waals surface area contributed by atoms with Gasteiger partial charge in [0.05, 0.1) is 10.8 Å². The fraction of sp³-hybridized carbons (Fsp3) is 0.600. The molecule has 1 fully saturated rings. The SMILES string of the molecule is CCc1cc(C(=O)N2CC(C(N)=O)CCC2C)sc1C. The second kappa shape index (κ2) is 5.95. The fourth-order valence-corrected chi connectivity index (χ4v) is 3.81. The zero-order valence-corrected chi connectivity index (χ0v) is 13.1. The van der Waals surface area contributed by atoms with Crippen LogP contribution in [0.3, 0.4) is 0 Å². The molecule has 2 amide bonds. The Morgan fingerprint density at radius 3 is 2.70 bits per heavy atom. The van der Waals surface area contributed by atoms with Gasteiger partial charge in [0.1, 0.15) is 0 Å². The Bertz CT molecular complexity index is 524. The van der Waals surface area contributed by atoms with Crippen LogP contribution < -0.4 is 5.73 Å². The number of primary amides is 1. The Labute approximate surface area is 124 Å². The van der Waals surface area contributed by atoms with Crippen molar-refractivity contribution in [2.24, 2.45) is 11.7 Å². The van der Waals surface area contributed by atoms with E-state index in [1.54, 1.807) is 11.3 Å². The zero-order valence-electron chi connectivity index (χ0n) is 12.3. The van der Waals surface area contributed by atoms with E-state index in [0.717, 1.165) is 24.1 Å². The van der Waals surface area contributed by atoms with Gasteiger partial charge < -0.3 is 10.6 Å². The number of nitrogens with two attached hydrogens (primary N) is 1. The first-order valence-electron chi connectivity index (χ1n) is 7.13. The van der Waals surface area contributed by atoms with Crippen molar-refractivity contribution in [3.8, 4) is 0 Å². The van der Waals surface area contributed by atoms with Crippen LogP contribution in [0, 0.1) is 12.8 Å². The maximum atomic E-state index is 12.6. The van der Waals surface area contributed by atoms with Crippen LogP contribution in [0.15, 0.2) is 6.07 Å². The van der Waals surface area contributed by atoms with Crippen LogP contribution in [0.5, 0.6) is 0 Å². The normalized spacial score (nSPS) is 22.9. The average Bonchev–Trinajstić information content (AvgIpc) is 2.79. The van der Waals surface area contributed by atoms with Gasteiger partial charge in [0.15, 0.2) is 0 Å². The van der Waals surface area contributed by atoms with Crippen molar-refractivity contribution in [2.75, 3.05) is 6.54 Å². The third-order valence-corrected chi connectivity index (χ3v) is 5.24. The molecule has 1 aromatic heterocycles. The number of rotatable bonds is 3. The number of nitrogens with zero attached hydrogens (tertiary/aromatic N) is 1. The van der Waals surface area contributed by atoms with Crippen LogP contribution in [0.4, 0.5) is 0 Å². The molecule has 2 atom stereocenters. The van der Waals surface area contributed by atoms with Gasteiger partial charge in [-0.15, -0.1) is 11.3 Å². The number of aryl methyl sites for hydroxylation is 2. The Balaban J connectivity index is 2.19. The summed E-state index contributed by atoms with van der Waals surface area (Å²) in [5.74, 6) is -0.468. The Hall–Kier alpha value is -1.36. The molecule has 0 spiro atoms. The summed E-state index contributed by atoms with van der Waals surface area (Å²) in [6.45, 7) is 6.63. The molecule has 2 rings (SSSR count). The van der Waals surface area contributed by atoms with Crippen LogP contribution >= 0.6 is 11.3 Å². The summed E-state index contributed by atoms with van der Waals surface area (Å²) in [5.41, 5.74) is 6.62. The molecule has 2 N–H and O–H groups in total. The van der Waals surface area contributed by atoms with Gasteiger partial charge in [-0.2, -0.15) is 0 Å². The monoisotopic (exact) mass is 294 g/mol. The largest absolute Gasteiger partial charge is 0.369 e. The first kappa shape index (κ1) is 15.0. The summed E-state index contributed by atoms with van der Waals surface area (Å²) < 4.78 is 0. The second-order valence-electron chi connectivity index (χ2n) is 5.53. The number of carbonyl (C=O) groups excluding carboxylic acids is 2. The third kappa shape index (κ3) is 2.87. The molecule has 5 heteroatoms. The minimum absolute atomic E-state index is 0.0382. The minimum Gasteiger partial charge on any atom is -0.369 e. The van der Waals surface area contributed by atoms with Gasteiger partial charge in [-0.25, -0.2) is 0 Å². The molecule has 20 heavy (non-hydrogen) atoms. The number of hydrogen-bond donors (Lipinski definition) is 1. The fourth-order valence-electron chi connectivity index (χ4n) is 2.74. The van der Waals surface area contributed by atoms with Crippen molar-refractivity contribution in [2.45, 2.75) is 46.1 Å². The highest BCUT2D eigenvalue weighted by atomic mass is 32.1. The second-order valence-corrected chi connectivity index (χ2v) is 6.79. The molecular weight excluding hydrogens is 272 g/mol. The van der Waals surface area contributed by atoms with E-state index in [9.17, 15) is 9.59 Å². The van der Waals surface area contributed by atoms with Gasteiger partial charge in [0.25, 0.3) is 5.91 Å². The van der Waals surface area contributed by atoms with E-state index in [0.29, 0.717) is 6.54 Å². The Morgan fingerprint density at radius 2 is 2.15 bits per heavy atom. The summed E-state index contributed by atoms with van der Waals surface area (Å²) in [6.07, 6.45) is 2.56. The summed E-state index contributed by atoms with van der Waals surface area (Å²) in [6, 6.07) is 2.16. The quantitative estimate of drug-likeness (QED) is 0.930. The van der Waals surface area contributed by atoms with Crippen LogP contribution in [-0.4, -0.2) is 29.3 Å². The van der Waals surface area contributed by atoms with E-state index < -0.39 is 0 Å². The third-order valence-electron chi connectivity index (χ3n) is 4.16. The zero-order chi connectivity index (χ0) is 14.9. The molecule has 0 aromatic carbocycles. The van der Waals surface area contributed by atoms with Crippen molar-refractivity contribution in [3.05, 3.63) is 21.4 Å². The standard InChI is InChI=1S/C15H22N2O2S/c1-4-11-7-13(20-10(11)3)15(19)17-8-12(14(16)18)6-5-9(17)2/h7,9,12H,4-6,8H2,1-3H3,(H2,16,18). The van der Waals surface area contributed by atoms with E-state index in [2.05, 4.69) is 6.92 Å². The summed E-state index contributed by atoms with van der Waals surface area (Å²) >= 11 is 1.54. The molecule has 0 saturated carbocycles. The predicted molar refractivity (Wildman–Crippen MR) is 80.9 cm³/mol. The highest BCUT2D eigenvalue weighted by Crippen LogP contribution is 2.28. The van der Waals surface area contributed by atoms with Crippen molar-refractivity contribution in [1.82, 2.24) is 4.90 Å². The summed E-state index contributed by atoms with van der Waals surface area (Å²) in [7, 11) is 0. The van der Waals surface area contributed by atoms with Crippen molar-refractivity contribution in [3.63, 3.8) is 0 Å². The van der Waals surface area contributed by atoms with E-state index in [1.807, 2.05) is 24.8 Å². The smallest absolute Gasteiger partial charge is 0.264 e. The molecule has 1 saturated heterocycles. The molecule has 2 heterocycles. The van der Waals surface area contributed by atoms with Gasteiger partial charge in [-0.3, -0.25) is 9.59 Å². The number of hydrogen-bond acceptors (Lipinski definition) is 3. The van der Waals surface area contributed by atoms with E-state index in [-0.39, 0.29) is 23.8 Å². The average molecular weight is 294 g/mol. The predicted octanol–water partition coefficient (Wildman–Crippen LogP) is 2.34. The van der Waals surface area contributed by atoms with Crippen molar-refractivity contribution >= 4 is 23.2 Å². The molecule has 4 nitrogen and oxygen atoms in total. The Kier molecular flexibility index (Phi) is 4.48. The van der Waals surface area contributed by atoms with Crippen molar-refractivity contribution in [1.29, 1.82) is 0 Å². The lowest BCUT2D eigenvalue weighted by Crippen LogP contribution is -2.48. The lowest BCUT2D eigenvalue weighted by Gasteiger charge is -2.36. The van der Waals surface area contributed by atoms with Gasteiger partial charge in [-0.05, 0) is 44.7 Å². The molecule has 1 aliphatic rings. The maximum absolute atomic E-state index is 12.6. The number of piperidine rings is 1. The van der Waals surface area contributed by atoms with Crippen LogP contribution in [-0.2, 0) is 11.2 Å². The first-order chi connectivity index (χ1) is 9.43. The number of likely N-dealkylation sites (tertiary alicyclic amines) is 1. The lowest BCUT2D eigenvalue weighted by atomic mass is 9.93. The number of thiophene rings is 1. The highest BCUT2D eigenvalue weighted by Gasteiger charge is 2.32. The number of amides is 2. The van der Waals surface area contributed by atoms with Gasteiger partial charge in [0.2, 0.25) is 5.91 Å². The van der Waals surface area contributed by atoms with E-state index in [1.165, 1.54) is 10.4 Å². The molecule has 110 valence electrons. The van der Waals surface area contributed by atoms with Crippen LogP contribution in [0.1, 0.15) is 46.8 Å². The van der Waals surface area contributed by atoms with Gasteiger partial charge >= 0.3 is 0 Å². The molecule has 0 bridgehead atoms. The Morgan fingerprint density at radius 1 is 1.45 bits per heavy atom. The molecule has 2 unspecified atom stereocenters. The number of carbonyl (C=O) groups is 2. The molecule has 1 aromatic rings. The maximum Gasteiger partial charge on any atom is 0.264 e. The van der Waals surface area contributed by atoms with E-state index in [4.69, 9.17) is 5.73 Å². The van der Waals surface area contributed by atoms with Gasteiger partial charge in [0, 0.05) is 17.5 Å².